The second-order valence-electron chi connectivity index (χ2n) is 5.98. The van der Waals surface area contributed by atoms with Gasteiger partial charge in [-0.15, -0.1) is 0 Å². The number of nitrogens with one attached hydrogen (secondary N) is 2. The van der Waals surface area contributed by atoms with Crippen LogP contribution in [0.5, 0.6) is 0 Å². The Labute approximate surface area is 153 Å². The first kappa shape index (κ1) is 16.9. The average molecular weight is 363 g/mol. The van der Waals surface area contributed by atoms with Crippen molar-refractivity contribution in [2.75, 3.05) is 20.3 Å². The summed E-state index contributed by atoms with van der Waals surface area (Å²) in [7, 11) is 1.57. The third-order valence-corrected chi connectivity index (χ3v) is 4.26. The van der Waals surface area contributed by atoms with Crippen LogP contribution in [0.15, 0.2) is 53.3 Å². The Morgan fingerprint density at radius 3 is 2.81 bits per heavy atom. The Morgan fingerprint density at radius 2 is 2.04 bits per heavy atom. The number of fused-ring (bicyclic) bond motifs is 3. The highest BCUT2D eigenvalue weighted by atomic mass is 16.5. The summed E-state index contributed by atoms with van der Waals surface area (Å²) in [4.78, 5) is 29.0. The van der Waals surface area contributed by atoms with Gasteiger partial charge in [0.05, 0.1) is 17.5 Å². The van der Waals surface area contributed by atoms with E-state index in [0.717, 1.165) is 5.56 Å². The van der Waals surface area contributed by atoms with Crippen LogP contribution >= 0.6 is 0 Å². The maximum Gasteiger partial charge on any atom is 0.281 e. The summed E-state index contributed by atoms with van der Waals surface area (Å²) in [5.74, 6) is -0.241. The molecule has 0 aliphatic heterocycles. The van der Waals surface area contributed by atoms with Crippen LogP contribution in [-0.2, 0) is 4.74 Å². The zero-order valence-electron chi connectivity index (χ0n) is 14.6. The van der Waals surface area contributed by atoms with Crippen LogP contribution in [0.2, 0.25) is 0 Å². The number of H-pyrrole nitrogens is 1. The van der Waals surface area contributed by atoms with Crippen molar-refractivity contribution in [1.82, 2.24) is 25.1 Å². The number of nitrogens with zero attached hydrogens (tertiary/aromatic N) is 3. The van der Waals surface area contributed by atoms with E-state index in [0.29, 0.717) is 41.0 Å². The number of carbonyl (C=O) groups is 1. The SMILES string of the molecule is COCCNC(=O)c1ccc2c(=O)nc3c(-c4ccccc4)n[nH]n3c2c1. The smallest absolute Gasteiger partial charge is 0.281 e. The summed E-state index contributed by atoms with van der Waals surface area (Å²) in [5.41, 5.74) is 2.44. The van der Waals surface area contributed by atoms with Crippen LogP contribution in [0.25, 0.3) is 27.8 Å². The fourth-order valence-corrected chi connectivity index (χ4v) is 2.93. The molecule has 0 saturated heterocycles. The minimum Gasteiger partial charge on any atom is -0.383 e. The molecule has 0 spiro atoms. The van der Waals surface area contributed by atoms with E-state index in [1.165, 1.54) is 0 Å². The van der Waals surface area contributed by atoms with Crippen molar-refractivity contribution in [3.63, 3.8) is 0 Å². The van der Waals surface area contributed by atoms with Gasteiger partial charge in [0.15, 0.2) is 5.65 Å². The van der Waals surface area contributed by atoms with Crippen LogP contribution in [0.3, 0.4) is 0 Å². The third-order valence-electron chi connectivity index (χ3n) is 4.26. The highest BCUT2D eigenvalue weighted by Crippen LogP contribution is 2.22. The zero-order valence-corrected chi connectivity index (χ0v) is 14.6. The number of hydrogen-bond donors (Lipinski definition) is 2. The number of aromatic amines is 1. The first-order valence-corrected chi connectivity index (χ1v) is 8.42. The molecule has 0 radical (unpaired) electrons. The summed E-state index contributed by atoms with van der Waals surface area (Å²) < 4.78 is 6.55. The number of aromatic nitrogens is 4. The first-order valence-electron chi connectivity index (χ1n) is 8.42. The fourth-order valence-electron chi connectivity index (χ4n) is 2.93. The van der Waals surface area contributed by atoms with Gasteiger partial charge < -0.3 is 10.1 Å². The number of amides is 1. The molecule has 8 nitrogen and oxygen atoms in total. The lowest BCUT2D eigenvalue weighted by Gasteiger charge is -2.06. The Bertz CT molecular complexity index is 1180. The summed E-state index contributed by atoms with van der Waals surface area (Å²) in [6, 6.07) is 14.3. The maximum absolute atomic E-state index is 12.5. The van der Waals surface area contributed by atoms with E-state index in [1.807, 2.05) is 30.3 Å². The molecular formula is C19H17N5O3. The van der Waals surface area contributed by atoms with Crippen LogP contribution in [0.1, 0.15) is 10.4 Å². The van der Waals surface area contributed by atoms with Gasteiger partial charge in [-0.05, 0) is 18.2 Å². The number of carbonyl (C=O) groups excluding carboxylic acids is 1. The number of ether oxygens (including phenoxy) is 1. The normalized spacial score (nSPS) is 11.1. The second kappa shape index (κ2) is 7.00. The van der Waals surface area contributed by atoms with E-state index >= 15 is 0 Å². The molecule has 0 saturated carbocycles. The van der Waals surface area contributed by atoms with E-state index in [-0.39, 0.29) is 11.5 Å². The van der Waals surface area contributed by atoms with E-state index in [9.17, 15) is 9.59 Å². The van der Waals surface area contributed by atoms with Crippen LogP contribution in [-0.4, -0.2) is 46.0 Å². The van der Waals surface area contributed by atoms with Gasteiger partial charge in [-0.25, -0.2) is 9.73 Å². The minimum atomic E-state index is -0.366. The molecule has 0 bridgehead atoms. The summed E-state index contributed by atoms with van der Waals surface area (Å²) in [5, 5.41) is 10.4. The molecule has 1 amide bonds. The second-order valence-corrected chi connectivity index (χ2v) is 5.98. The van der Waals surface area contributed by atoms with Crippen molar-refractivity contribution in [2.45, 2.75) is 0 Å². The van der Waals surface area contributed by atoms with Crippen LogP contribution < -0.4 is 10.9 Å². The topological polar surface area (TPSA) is 101 Å². The Morgan fingerprint density at radius 1 is 1.22 bits per heavy atom. The molecule has 2 aromatic heterocycles. The third kappa shape index (κ3) is 3.06. The fraction of sp³-hybridized carbons (Fsp3) is 0.158. The van der Waals surface area contributed by atoms with Crippen molar-refractivity contribution in [2.24, 2.45) is 0 Å². The average Bonchev–Trinajstić information content (AvgIpc) is 3.12. The molecule has 2 heterocycles. The number of methoxy groups -OCH3 is 1. The predicted molar refractivity (Wildman–Crippen MR) is 101 cm³/mol. The van der Waals surface area contributed by atoms with Crippen LogP contribution in [0.4, 0.5) is 0 Å². The van der Waals surface area contributed by atoms with E-state index in [1.54, 1.807) is 29.8 Å². The standard InChI is InChI=1S/C19H17N5O3/c1-27-10-9-20-18(25)13-7-8-14-15(11-13)24-17(21-19(14)26)16(22-23-24)12-5-3-2-4-6-12/h2-8,11,23H,9-10H2,1H3,(H,20,25). The molecular weight excluding hydrogens is 346 g/mol. The van der Waals surface area contributed by atoms with Crippen LogP contribution in [0, 0.1) is 0 Å². The van der Waals surface area contributed by atoms with Gasteiger partial charge in [0.1, 0.15) is 5.69 Å². The lowest BCUT2D eigenvalue weighted by molar-refractivity contribution is 0.0937. The predicted octanol–water partition coefficient (Wildman–Crippen LogP) is 1.61. The van der Waals surface area contributed by atoms with Gasteiger partial charge in [0, 0.05) is 24.8 Å². The number of benzene rings is 2. The Kier molecular flexibility index (Phi) is 4.39. The Balaban J connectivity index is 1.85. The van der Waals surface area contributed by atoms with Crippen molar-refractivity contribution >= 4 is 22.5 Å². The van der Waals surface area contributed by atoms with Crippen molar-refractivity contribution in [3.8, 4) is 11.3 Å². The molecule has 8 heteroatoms. The molecule has 2 aromatic carbocycles. The van der Waals surface area contributed by atoms with E-state index in [2.05, 4.69) is 20.6 Å². The maximum atomic E-state index is 12.5. The zero-order chi connectivity index (χ0) is 18.8. The van der Waals surface area contributed by atoms with Gasteiger partial charge in [0.25, 0.3) is 11.5 Å². The molecule has 0 aliphatic carbocycles. The van der Waals surface area contributed by atoms with E-state index in [4.69, 9.17) is 4.74 Å². The summed E-state index contributed by atoms with van der Waals surface area (Å²) >= 11 is 0. The number of hydrogen-bond acceptors (Lipinski definition) is 5. The minimum absolute atomic E-state index is 0.241. The van der Waals surface area contributed by atoms with E-state index < -0.39 is 0 Å². The highest BCUT2D eigenvalue weighted by molar-refractivity contribution is 5.98. The lowest BCUT2D eigenvalue weighted by atomic mass is 10.1. The van der Waals surface area contributed by atoms with Gasteiger partial charge >= 0.3 is 0 Å². The Hall–Kier alpha value is -3.52. The molecule has 0 unspecified atom stereocenters. The van der Waals surface area contributed by atoms with Crippen molar-refractivity contribution in [3.05, 3.63) is 64.4 Å². The lowest BCUT2D eigenvalue weighted by Crippen LogP contribution is -2.27. The molecule has 4 aromatic rings. The van der Waals surface area contributed by atoms with Gasteiger partial charge in [-0.2, -0.15) is 10.1 Å². The molecule has 0 fully saturated rings. The monoisotopic (exact) mass is 363 g/mol. The first-order chi connectivity index (χ1) is 13.2. The molecule has 0 atom stereocenters. The van der Waals surface area contributed by atoms with Crippen molar-refractivity contribution in [1.29, 1.82) is 0 Å². The molecule has 0 aliphatic rings. The molecule has 4 rings (SSSR count). The quantitative estimate of drug-likeness (QED) is 0.525. The molecule has 136 valence electrons. The summed E-state index contributed by atoms with van der Waals surface area (Å²) in [6.45, 7) is 0.829. The van der Waals surface area contributed by atoms with Gasteiger partial charge in [-0.1, -0.05) is 30.3 Å². The molecule has 27 heavy (non-hydrogen) atoms. The molecule has 2 N–H and O–H groups in total. The summed E-state index contributed by atoms with van der Waals surface area (Å²) in [6.07, 6.45) is 0. The number of rotatable bonds is 5. The highest BCUT2D eigenvalue weighted by Gasteiger charge is 2.15. The largest absolute Gasteiger partial charge is 0.383 e. The van der Waals surface area contributed by atoms with Gasteiger partial charge in [-0.3, -0.25) is 9.59 Å². The van der Waals surface area contributed by atoms with Crippen molar-refractivity contribution < 1.29 is 9.53 Å². The van der Waals surface area contributed by atoms with Gasteiger partial charge in [0.2, 0.25) is 0 Å².